The number of benzene rings is 1. The van der Waals surface area contributed by atoms with Crippen molar-refractivity contribution in [2.75, 3.05) is 12.0 Å². The van der Waals surface area contributed by atoms with Crippen LogP contribution in [0.5, 0.6) is 5.75 Å². The zero-order valence-electron chi connectivity index (χ0n) is 15.8. The SMILES string of the molecule is CC[Si](CC)(CC)OC1(C)C(=O)N(c2ccc(OC)cc2)C1C(F)(F)F. The van der Waals surface area contributed by atoms with E-state index >= 15 is 0 Å². The third-order valence-corrected chi connectivity index (χ3v) is 10.2. The standard InChI is InChI=1S/C18H26F3NO3Si/c1-6-26(7-2,8-3)25-17(4)15(18(19,20)21)22(16(17)23)13-9-11-14(24-5)12-10-13/h9-12,15H,6-8H2,1-5H3. The molecule has 1 aromatic carbocycles. The van der Waals surface area contributed by atoms with Crippen molar-refractivity contribution in [3.63, 3.8) is 0 Å². The third-order valence-electron chi connectivity index (χ3n) is 5.45. The number of β-lactam (4-membered cyclic amide) rings is 1. The normalized spacial score (nSPS) is 23.8. The van der Waals surface area contributed by atoms with Gasteiger partial charge in [-0.25, -0.2) is 0 Å². The maximum atomic E-state index is 13.9. The number of rotatable bonds is 7. The summed E-state index contributed by atoms with van der Waals surface area (Å²) in [7, 11) is -0.928. The van der Waals surface area contributed by atoms with Crippen molar-refractivity contribution < 1.29 is 27.1 Å². The van der Waals surface area contributed by atoms with E-state index < -0.39 is 32.0 Å². The van der Waals surface area contributed by atoms with Crippen LogP contribution in [0.2, 0.25) is 18.1 Å². The Balaban J connectivity index is 2.41. The number of halogens is 3. The molecule has 2 rings (SSSR count). The number of alkyl halides is 3. The maximum absolute atomic E-state index is 13.9. The largest absolute Gasteiger partial charge is 0.497 e. The summed E-state index contributed by atoms with van der Waals surface area (Å²) in [5.41, 5.74) is -1.68. The van der Waals surface area contributed by atoms with Gasteiger partial charge in [-0.2, -0.15) is 13.2 Å². The fraction of sp³-hybridized carbons (Fsp3) is 0.611. The summed E-state index contributed by atoms with van der Waals surface area (Å²) in [5.74, 6) is -0.129. The van der Waals surface area contributed by atoms with E-state index in [1.807, 2.05) is 20.8 Å². The van der Waals surface area contributed by atoms with Crippen LogP contribution in [0.3, 0.4) is 0 Å². The summed E-state index contributed by atoms with van der Waals surface area (Å²) in [6.07, 6.45) is -4.59. The number of carbonyl (C=O) groups is 1. The Hall–Kier alpha value is -1.54. The Morgan fingerprint density at radius 1 is 1.12 bits per heavy atom. The number of hydrogen-bond acceptors (Lipinski definition) is 3. The second-order valence-corrected chi connectivity index (χ2v) is 11.5. The van der Waals surface area contributed by atoms with Crippen LogP contribution in [0.4, 0.5) is 18.9 Å². The van der Waals surface area contributed by atoms with Gasteiger partial charge in [-0.05, 0) is 49.3 Å². The Morgan fingerprint density at radius 3 is 2.00 bits per heavy atom. The Labute approximate surface area is 153 Å². The van der Waals surface area contributed by atoms with E-state index in [0.717, 1.165) is 4.90 Å². The second-order valence-electron chi connectivity index (χ2n) is 6.77. The smallest absolute Gasteiger partial charge is 0.412 e. The number of amides is 1. The van der Waals surface area contributed by atoms with Crippen molar-refractivity contribution in [2.45, 2.75) is 63.6 Å². The van der Waals surface area contributed by atoms with Crippen LogP contribution in [-0.4, -0.2) is 39.2 Å². The van der Waals surface area contributed by atoms with E-state index in [1.165, 1.54) is 38.3 Å². The molecule has 8 heteroatoms. The van der Waals surface area contributed by atoms with Gasteiger partial charge in [0, 0.05) is 5.69 Å². The van der Waals surface area contributed by atoms with Gasteiger partial charge < -0.3 is 9.16 Å². The molecular formula is C18H26F3NO3Si. The van der Waals surface area contributed by atoms with Crippen molar-refractivity contribution >= 4 is 19.9 Å². The molecule has 1 aromatic rings. The van der Waals surface area contributed by atoms with E-state index in [4.69, 9.17) is 9.16 Å². The van der Waals surface area contributed by atoms with Crippen LogP contribution in [0.1, 0.15) is 27.7 Å². The molecule has 26 heavy (non-hydrogen) atoms. The highest BCUT2D eigenvalue weighted by atomic mass is 28.4. The van der Waals surface area contributed by atoms with Gasteiger partial charge in [-0.3, -0.25) is 9.69 Å². The lowest BCUT2D eigenvalue weighted by atomic mass is 9.82. The Kier molecular flexibility index (Phi) is 5.77. The summed E-state index contributed by atoms with van der Waals surface area (Å²) in [5, 5.41) is 0. The molecule has 0 bridgehead atoms. The quantitative estimate of drug-likeness (QED) is 0.499. The number of carbonyl (C=O) groups excluding carboxylic acids is 1. The lowest BCUT2D eigenvalue weighted by molar-refractivity contribution is -0.211. The number of anilines is 1. The van der Waals surface area contributed by atoms with Crippen molar-refractivity contribution in [1.82, 2.24) is 0 Å². The first-order valence-electron chi connectivity index (χ1n) is 8.83. The maximum Gasteiger partial charge on any atom is 0.412 e. The minimum Gasteiger partial charge on any atom is -0.497 e. The fourth-order valence-electron chi connectivity index (χ4n) is 3.64. The van der Waals surface area contributed by atoms with E-state index in [9.17, 15) is 18.0 Å². The third kappa shape index (κ3) is 3.36. The predicted octanol–water partition coefficient (Wildman–Crippen LogP) is 4.75. The number of hydrogen-bond donors (Lipinski definition) is 0. The Morgan fingerprint density at radius 2 is 1.62 bits per heavy atom. The van der Waals surface area contributed by atoms with Gasteiger partial charge in [0.2, 0.25) is 0 Å². The zero-order valence-corrected chi connectivity index (χ0v) is 16.8. The molecule has 1 fully saturated rings. The minimum atomic E-state index is -4.59. The molecule has 0 radical (unpaired) electrons. The van der Waals surface area contributed by atoms with E-state index in [1.54, 1.807) is 0 Å². The summed E-state index contributed by atoms with van der Waals surface area (Å²) < 4.78 is 52.7. The molecule has 1 aliphatic rings. The molecule has 4 nitrogen and oxygen atoms in total. The van der Waals surface area contributed by atoms with Gasteiger partial charge >= 0.3 is 6.18 Å². The van der Waals surface area contributed by atoms with Crippen LogP contribution in [0, 0.1) is 0 Å². The van der Waals surface area contributed by atoms with E-state index in [0.29, 0.717) is 23.9 Å². The summed E-state index contributed by atoms with van der Waals surface area (Å²) in [6, 6.07) is 6.03. The number of ether oxygens (including phenoxy) is 1. The van der Waals surface area contributed by atoms with Crippen molar-refractivity contribution in [2.24, 2.45) is 0 Å². The van der Waals surface area contributed by atoms with Crippen LogP contribution < -0.4 is 9.64 Å². The molecule has 0 aromatic heterocycles. The monoisotopic (exact) mass is 389 g/mol. The Bertz CT molecular complexity index is 638. The van der Waals surface area contributed by atoms with Crippen LogP contribution in [0.15, 0.2) is 24.3 Å². The molecule has 0 saturated carbocycles. The highest BCUT2D eigenvalue weighted by Crippen LogP contribution is 2.48. The van der Waals surface area contributed by atoms with Gasteiger partial charge in [0.25, 0.3) is 5.91 Å². The summed E-state index contributed by atoms with van der Waals surface area (Å²) in [4.78, 5) is 13.6. The van der Waals surface area contributed by atoms with Gasteiger partial charge in [0.1, 0.15) is 5.75 Å². The minimum absolute atomic E-state index is 0.191. The molecule has 1 aliphatic heterocycles. The molecule has 0 aliphatic carbocycles. The van der Waals surface area contributed by atoms with Crippen molar-refractivity contribution in [3.05, 3.63) is 24.3 Å². The molecule has 2 unspecified atom stereocenters. The molecule has 0 N–H and O–H groups in total. The molecular weight excluding hydrogens is 363 g/mol. The van der Waals surface area contributed by atoms with Crippen molar-refractivity contribution in [3.8, 4) is 5.75 Å². The lowest BCUT2D eigenvalue weighted by Crippen LogP contribution is -2.80. The van der Waals surface area contributed by atoms with E-state index in [2.05, 4.69) is 0 Å². The zero-order chi connectivity index (χ0) is 19.8. The van der Waals surface area contributed by atoms with Crippen LogP contribution in [0.25, 0.3) is 0 Å². The van der Waals surface area contributed by atoms with Gasteiger partial charge in [-0.15, -0.1) is 0 Å². The summed E-state index contributed by atoms with van der Waals surface area (Å²) in [6.45, 7) is 7.07. The average Bonchev–Trinajstić information content (AvgIpc) is 2.62. The first-order chi connectivity index (χ1) is 12.1. The topological polar surface area (TPSA) is 38.8 Å². The van der Waals surface area contributed by atoms with Crippen molar-refractivity contribution in [1.29, 1.82) is 0 Å². The number of methoxy groups -OCH3 is 1. The van der Waals surface area contributed by atoms with Crippen LogP contribution >= 0.6 is 0 Å². The van der Waals surface area contributed by atoms with Gasteiger partial charge in [0.05, 0.1) is 7.11 Å². The molecule has 1 amide bonds. The highest BCUT2D eigenvalue weighted by Gasteiger charge is 2.70. The second kappa shape index (κ2) is 7.23. The first-order valence-corrected chi connectivity index (χ1v) is 11.4. The molecule has 1 saturated heterocycles. The molecule has 2 atom stereocenters. The lowest BCUT2D eigenvalue weighted by Gasteiger charge is -2.56. The molecule has 0 spiro atoms. The average molecular weight is 389 g/mol. The first kappa shape index (κ1) is 20.8. The molecule has 1 heterocycles. The predicted molar refractivity (Wildman–Crippen MR) is 97.0 cm³/mol. The van der Waals surface area contributed by atoms with Crippen LogP contribution in [-0.2, 0) is 9.22 Å². The summed E-state index contributed by atoms with van der Waals surface area (Å²) >= 11 is 0. The fourth-order valence-corrected chi connectivity index (χ4v) is 6.67. The van der Waals surface area contributed by atoms with Gasteiger partial charge in [-0.1, -0.05) is 20.8 Å². The number of nitrogens with zero attached hydrogens (tertiary/aromatic N) is 1. The van der Waals surface area contributed by atoms with E-state index in [-0.39, 0.29) is 5.69 Å². The molecule has 146 valence electrons. The highest BCUT2D eigenvalue weighted by molar-refractivity contribution is 6.73. The van der Waals surface area contributed by atoms with Gasteiger partial charge in [0.15, 0.2) is 20.0 Å².